The predicted octanol–water partition coefficient (Wildman–Crippen LogP) is 6.74. The Morgan fingerprint density at radius 3 is 2.31 bits per heavy atom. The summed E-state index contributed by atoms with van der Waals surface area (Å²) in [4.78, 5) is 24.5. The van der Waals surface area contributed by atoms with Crippen LogP contribution in [0.25, 0.3) is 0 Å². The minimum Gasteiger partial charge on any atom is -0.332 e. The Hall–Kier alpha value is -2.58. The van der Waals surface area contributed by atoms with E-state index in [1.165, 1.54) is 18.7 Å². The second-order valence-corrected chi connectivity index (χ2v) is 8.92. The third-order valence-corrected chi connectivity index (χ3v) is 6.25. The van der Waals surface area contributed by atoms with Crippen LogP contribution in [-0.4, -0.2) is 22.6 Å². The minimum absolute atomic E-state index is 0.0101. The second-order valence-electron chi connectivity index (χ2n) is 6.68. The summed E-state index contributed by atoms with van der Waals surface area (Å²) < 4.78 is 0. The highest BCUT2D eigenvalue weighted by molar-refractivity contribution is 8.00. The van der Waals surface area contributed by atoms with E-state index in [0.717, 1.165) is 16.3 Å². The summed E-state index contributed by atoms with van der Waals surface area (Å²) >= 11 is 18.8. The lowest BCUT2D eigenvalue weighted by atomic mass is 10.1. The molecule has 32 heavy (non-hydrogen) atoms. The number of amides is 1. The van der Waals surface area contributed by atoms with Crippen molar-refractivity contribution in [3.05, 3.63) is 82.3 Å². The first-order chi connectivity index (χ1) is 15.3. The number of rotatable bonds is 7. The smallest absolute Gasteiger partial charge is 0.234 e. The number of carbonyl (C=O) groups is 2. The summed E-state index contributed by atoms with van der Waals surface area (Å²) in [5.74, 6) is 0.0250. The number of anilines is 3. The van der Waals surface area contributed by atoms with E-state index in [2.05, 4.69) is 16.0 Å². The lowest BCUT2D eigenvalue weighted by Gasteiger charge is -2.12. The fourth-order valence-corrected chi connectivity index (χ4v) is 4.02. The first-order valence-corrected chi connectivity index (χ1v) is 11.6. The lowest BCUT2D eigenvalue weighted by Crippen LogP contribution is -2.19. The van der Waals surface area contributed by atoms with Crippen LogP contribution in [-0.2, 0) is 4.79 Å². The molecule has 0 heterocycles. The predicted molar refractivity (Wildman–Crippen MR) is 139 cm³/mol. The highest BCUT2D eigenvalue weighted by Gasteiger charge is 2.09. The molecule has 1 amide bonds. The molecule has 164 valence electrons. The molecule has 0 saturated heterocycles. The van der Waals surface area contributed by atoms with E-state index >= 15 is 0 Å². The SMILES string of the molecule is CC(=O)c1ccc(NC(=S)Nc2cccc(SCC(=O)Nc3cccc(Cl)c3Cl)c2)cc1. The Bertz CT molecular complexity index is 1150. The number of nitrogens with one attached hydrogen (secondary N) is 3. The van der Waals surface area contributed by atoms with E-state index in [0.29, 0.717) is 26.4 Å². The number of carbonyl (C=O) groups excluding carboxylic acids is 2. The van der Waals surface area contributed by atoms with Crippen LogP contribution in [0.15, 0.2) is 71.6 Å². The van der Waals surface area contributed by atoms with Crippen LogP contribution in [0.3, 0.4) is 0 Å². The topological polar surface area (TPSA) is 70.2 Å². The maximum Gasteiger partial charge on any atom is 0.234 e. The molecular weight excluding hydrogens is 485 g/mol. The fraction of sp³-hybridized carbons (Fsp3) is 0.0870. The molecule has 0 aliphatic heterocycles. The number of halogens is 2. The van der Waals surface area contributed by atoms with Gasteiger partial charge < -0.3 is 16.0 Å². The molecule has 0 spiro atoms. The first-order valence-electron chi connectivity index (χ1n) is 9.47. The third-order valence-electron chi connectivity index (χ3n) is 4.24. The van der Waals surface area contributed by atoms with E-state index in [-0.39, 0.29) is 17.4 Å². The van der Waals surface area contributed by atoms with Gasteiger partial charge in [0.25, 0.3) is 0 Å². The van der Waals surface area contributed by atoms with Gasteiger partial charge >= 0.3 is 0 Å². The van der Waals surface area contributed by atoms with E-state index in [4.69, 9.17) is 35.4 Å². The normalized spacial score (nSPS) is 10.3. The molecule has 0 bridgehead atoms. The van der Waals surface area contributed by atoms with Crippen LogP contribution < -0.4 is 16.0 Å². The Kier molecular flexibility index (Phi) is 8.53. The van der Waals surface area contributed by atoms with Crippen molar-refractivity contribution < 1.29 is 9.59 Å². The van der Waals surface area contributed by atoms with E-state index in [9.17, 15) is 9.59 Å². The van der Waals surface area contributed by atoms with Gasteiger partial charge in [0, 0.05) is 21.8 Å². The number of ketones is 1. The largest absolute Gasteiger partial charge is 0.332 e. The zero-order valence-corrected chi connectivity index (χ0v) is 20.1. The van der Waals surface area contributed by atoms with Crippen molar-refractivity contribution in [3.8, 4) is 0 Å². The highest BCUT2D eigenvalue weighted by atomic mass is 35.5. The Morgan fingerprint density at radius 2 is 1.59 bits per heavy atom. The molecule has 5 nitrogen and oxygen atoms in total. The molecule has 0 fully saturated rings. The van der Waals surface area contributed by atoms with Crippen molar-refractivity contribution >= 4 is 81.0 Å². The molecule has 3 aromatic rings. The van der Waals surface area contributed by atoms with Crippen molar-refractivity contribution in [1.82, 2.24) is 0 Å². The molecule has 9 heteroatoms. The summed E-state index contributed by atoms with van der Waals surface area (Å²) in [6, 6.07) is 19.7. The molecule has 3 aromatic carbocycles. The van der Waals surface area contributed by atoms with E-state index < -0.39 is 0 Å². The zero-order valence-electron chi connectivity index (χ0n) is 16.9. The molecule has 0 saturated carbocycles. The van der Waals surface area contributed by atoms with Gasteiger partial charge in [-0.2, -0.15) is 0 Å². The monoisotopic (exact) mass is 503 g/mol. The van der Waals surface area contributed by atoms with Gasteiger partial charge in [-0.3, -0.25) is 9.59 Å². The molecule has 3 N–H and O–H groups in total. The van der Waals surface area contributed by atoms with Crippen LogP contribution in [0.1, 0.15) is 17.3 Å². The molecule has 0 aliphatic carbocycles. The van der Waals surface area contributed by atoms with Gasteiger partial charge in [0.05, 0.1) is 21.5 Å². The van der Waals surface area contributed by atoms with Crippen LogP contribution >= 0.6 is 47.2 Å². The van der Waals surface area contributed by atoms with Crippen LogP contribution in [0, 0.1) is 0 Å². The third kappa shape index (κ3) is 6.97. The molecule has 0 unspecified atom stereocenters. The van der Waals surface area contributed by atoms with Crippen LogP contribution in [0.2, 0.25) is 10.0 Å². The van der Waals surface area contributed by atoms with Gasteiger partial charge in [-0.05, 0) is 73.7 Å². The van der Waals surface area contributed by atoms with Crippen molar-refractivity contribution in [3.63, 3.8) is 0 Å². The molecular formula is C23H19Cl2N3O2S2. The number of hydrogen-bond donors (Lipinski definition) is 3. The second kappa shape index (κ2) is 11.3. The number of hydrogen-bond acceptors (Lipinski definition) is 4. The molecule has 3 rings (SSSR count). The number of benzene rings is 3. The average Bonchev–Trinajstić information content (AvgIpc) is 2.76. The number of thiocarbonyl (C=S) groups is 1. The van der Waals surface area contributed by atoms with Crippen molar-refractivity contribution in [1.29, 1.82) is 0 Å². The minimum atomic E-state index is -0.191. The highest BCUT2D eigenvalue weighted by Crippen LogP contribution is 2.30. The Morgan fingerprint density at radius 1 is 0.906 bits per heavy atom. The Labute approximate surface area is 205 Å². The molecule has 0 aliphatic rings. The van der Waals surface area contributed by atoms with Gasteiger partial charge in [0.15, 0.2) is 10.9 Å². The van der Waals surface area contributed by atoms with Gasteiger partial charge in [0.1, 0.15) is 0 Å². The summed E-state index contributed by atoms with van der Waals surface area (Å²) in [6.07, 6.45) is 0. The quantitative estimate of drug-likeness (QED) is 0.188. The van der Waals surface area contributed by atoms with Crippen LogP contribution in [0.5, 0.6) is 0 Å². The average molecular weight is 504 g/mol. The van der Waals surface area contributed by atoms with Crippen molar-refractivity contribution in [2.24, 2.45) is 0 Å². The summed E-state index contributed by atoms with van der Waals surface area (Å²) in [5.41, 5.74) is 2.68. The van der Waals surface area contributed by atoms with Gasteiger partial charge in [-0.25, -0.2) is 0 Å². The number of Topliss-reactive ketones (excluding diaryl/α,β-unsaturated/α-hetero) is 1. The Balaban J connectivity index is 1.53. The summed E-state index contributed by atoms with van der Waals surface area (Å²) in [7, 11) is 0. The fourth-order valence-electron chi connectivity index (χ4n) is 2.68. The first kappa shape index (κ1) is 24.1. The zero-order chi connectivity index (χ0) is 23.1. The molecule has 0 atom stereocenters. The van der Waals surface area contributed by atoms with Crippen LogP contribution in [0.4, 0.5) is 17.1 Å². The van der Waals surface area contributed by atoms with E-state index in [1.807, 2.05) is 24.3 Å². The molecule has 0 aromatic heterocycles. The molecule has 0 radical (unpaired) electrons. The summed E-state index contributed by atoms with van der Waals surface area (Å²) in [5, 5.41) is 10.1. The van der Waals surface area contributed by atoms with Gasteiger partial charge in [-0.15, -0.1) is 11.8 Å². The maximum atomic E-state index is 12.3. The van der Waals surface area contributed by atoms with Gasteiger partial charge in [-0.1, -0.05) is 35.3 Å². The summed E-state index contributed by atoms with van der Waals surface area (Å²) in [6.45, 7) is 1.52. The maximum absolute atomic E-state index is 12.3. The lowest BCUT2D eigenvalue weighted by molar-refractivity contribution is -0.113. The van der Waals surface area contributed by atoms with Crippen molar-refractivity contribution in [2.45, 2.75) is 11.8 Å². The number of thioether (sulfide) groups is 1. The standard InChI is InChI=1S/C23H19Cl2N3O2S2/c1-14(29)15-8-10-16(11-9-15)26-23(31)27-17-4-2-5-18(12-17)32-13-21(30)28-20-7-3-6-19(24)22(20)25/h2-12H,13H2,1H3,(H,28,30)(H2,26,27,31). The van der Waals surface area contributed by atoms with E-state index in [1.54, 1.807) is 42.5 Å². The van der Waals surface area contributed by atoms with Gasteiger partial charge in [0.2, 0.25) is 5.91 Å². The van der Waals surface area contributed by atoms with Crippen molar-refractivity contribution in [2.75, 3.05) is 21.7 Å².